The Labute approximate surface area is 171 Å². The van der Waals surface area contributed by atoms with Crippen molar-refractivity contribution in [2.24, 2.45) is 0 Å². The van der Waals surface area contributed by atoms with Gasteiger partial charge in [0.1, 0.15) is 11.4 Å². The van der Waals surface area contributed by atoms with E-state index in [1.807, 2.05) is 24.4 Å². The molecule has 0 saturated carbocycles. The predicted molar refractivity (Wildman–Crippen MR) is 121 cm³/mol. The fourth-order valence-electron chi connectivity index (χ4n) is 4.58. The molecule has 7 aromatic rings. The van der Waals surface area contributed by atoms with Gasteiger partial charge in [0.15, 0.2) is 0 Å². The lowest BCUT2D eigenvalue weighted by Gasteiger charge is -2.10. The largest absolute Gasteiger partial charge is 0.464 e. The van der Waals surface area contributed by atoms with Crippen LogP contribution in [0.3, 0.4) is 0 Å². The zero-order chi connectivity index (χ0) is 19.7. The van der Waals surface area contributed by atoms with E-state index in [1.54, 1.807) is 6.26 Å². The van der Waals surface area contributed by atoms with Crippen LogP contribution in [0.1, 0.15) is 0 Å². The highest BCUT2D eigenvalue weighted by molar-refractivity contribution is 6.17. The molecule has 3 aromatic carbocycles. The standard InChI is InChI=1S/C26H15N3O/c1-2-6-21-18(5-1)19-10-11-22-20(13-15-30-22)26(19)29(21)23-12-9-17-8-7-16-4-3-14-27-24(16)25(17)28-23/h1-15H. The molecule has 0 saturated heterocycles. The van der Waals surface area contributed by atoms with Crippen LogP contribution in [0, 0.1) is 0 Å². The molecule has 0 unspecified atom stereocenters. The zero-order valence-electron chi connectivity index (χ0n) is 15.9. The predicted octanol–water partition coefficient (Wildman–Crippen LogP) is 6.63. The third kappa shape index (κ3) is 2.00. The Balaban J connectivity index is 1.68. The molecule has 0 spiro atoms. The van der Waals surface area contributed by atoms with Gasteiger partial charge in [0, 0.05) is 33.1 Å². The van der Waals surface area contributed by atoms with Gasteiger partial charge in [-0.2, -0.15) is 0 Å². The molecule has 0 fully saturated rings. The maximum absolute atomic E-state index is 5.70. The van der Waals surface area contributed by atoms with Crippen LogP contribution >= 0.6 is 0 Å². The summed E-state index contributed by atoms with van der Waals surface area (Å²) in [7, 11) is 0. The number of benzene rings is 3. The van der Waals surface area contributed by atoms with Crippen molar-refractivity contribution in [3.63, 3.8) is 0 Å². The highest BCUT2D eigenvalue weighted by Crippen LogP contribution is 2.37. The number of pyridine rings is 2. The minimum Gasteiger partial charge on any atom is -0.464 e. The second-order valence-corrected chi connectivity index (χ2v) is 7.53. The molecule has 0 aliphatic rings. The second-order valence-electron chi connectivity index (χ2n) is 7.53. The Bertz CT molecular complexity index is 1760. The summed E-state index contributed by atoms with van der Waals surface area (Å²) in [6, 6.07) is 27.1. The van der Waals surface area contributed by atoms with Crippen molar-refractivity contribution in [2.45, 2.75) is 0 Å². The zero-order valence-corrected chi connectivity index (χ0v) is 15.9. The van der Waals surface area contributed by atoms with Crippen LogP contribution in [-0.2, 0) is 0 Å². The Kier molecular flexibility index (Phi) is 2.97. The van der Waals surface area contributed by atoms with E-state index in [4.69, 9.17) is 9.40 Å². The van der Waals surface area contributed by atoms with E-state index >= 15 is 0 Å². The van der Waals surface area contributed by atoms with Crippen molar-refractivity contribution < 1.29 is 4.42 Å². The summed E-state index contributed by atoms with van der Waals surface area (Å²) in [5.41, 5.74) is 4.95. The smallest absolute Gasteiger partial charge is 0.138 e. The summed E-state index contributed by atoms with van der Waals surface area (Å²) < 4.78 is 7.94. The van der Waals surface area contributed by atoms with Crippen LogP contribution in [-0.4, -0.2) is 14.5 Å². The lowest BCUT2D eigenvalue weighted by molar-refractivity contribution is 0.616. The Morgan fingerprint density at radius 1 is 0.667 bits per heavy atom. The highest BCUT2D eigenvalue weighted by atomic mass is 16.3. The first-order chi connectivity index (χ1) is 14.9. The normalized spacial score (nSPS) is 12.0. The monoisotopic (exact) mass is 385 g/mol. The van der Waals surface area contributed by atoms with Crippen LogP contribution in [0.15, 0.2) is 95.7 Å². The number of para-hydroxylation sites is 1. The fourth-order valence-corrected chi connectivity index (χ4v) is 4.58. The summed E-state index contributed by atoms with van der Waals surface area (Å²) in [6.07, 6.45) is 3.57. The first kappa shape index (κ1) is 15.7. The number of nitrogens with zero attached hydrogens (tertiary/aromatic N) is 3. The number of furan rings is 1. The van der Waals surface area contributed by atoms with Gasteiger partial charge in [-0.05, 0) is 42.5 Å². The number of aromatic nitrogens is 3. The van der Waals surface area contributed by atoms with Crippen LogP contribution in [0.25, 0.3) is 60.4 Å². The van der Waals surface area contributed by atoms with Gasteiger partial charge in [0.05, 0.1) is 28.3 Å². The number of hydrogen-bond donors (Lipinski definition) is 0. The maximum Gasteiger partial charge on any atom is 0.138 e. The quantitative estimate of drug-likeness (QED) is 0.298. The molecule has 4 aromatic heterocycles. The van der Waals surface area contributed by atoms with Gasteiger partial charge in [0.25, 0.3) is 0 Å². The number of hydrogen-bond acceptors (Lipinski definition) is 3. The van der Waals surface area contributed by atoms with E-state index < -0.39 is 0 Å². The molecular formula is C26H15N3O. The third-order valence-electron chi connectivity index (χ3n) is 5.91. The molecule has 0 bridgehead atoms. The minimum atomic E-state index is 0.875. The SMILES string of the molecule is c1cnc2c(c1)ccc1ccc(-n3c4ccccc4c4ccc5occc5c43)nc12. The Morgan fingerprint density at radius 2 is 1.53 bits per heavy atom. The van der Waals surface area contributed by atoms with E-state index in [-0.39, 0.29) is 0 Å². The number of rotatable bonds is 1. The van der Waals surface area contributed by atoms with E-state index in [0.717, 1.165) is 49.6 Å². The molecule has 4 heterocycles. The fraction of sp³-hybridized carbons (Fsp3) is 0. The summed E-state index contributed by atoms with van der Waals surface area (Å²) in [5, 5.41) is 5.65. The van der Waals surface area contributed by atoms with Gasteiger partial charge in [0.2, 0.25) is 0 Å². The third-order valence-corrected chi connectivity index (χ3v) is 5.91. The summed E-state index contributed by atoms with van der Waals surface area (Å²) in [4.78, 5) is 9.72. The highest BCUT2D eigenvalue weighted by Gasteiger charge is 2.17. The Hall–Kier alpha value is -4.18. The van der Waals surface area contributed by atoms with E-state index in [1.165, 1.54) is 10.8 Å². The molecule has 7 rings (SSSR count). The van der Waals surface area contributed by atoms with Crippen LogP contribution in [0.4, 0.5) is 0 Å². The molecule has 0 N–H and O–H groups in total. The van der Waals surface area contributed by atoms with E-state index in [2.05, 4.69) is 70.2 Å². The van der Waals surface area contributed by atoms with Crippen molar-refractivity contribution in [1.29, 1.82) is 0 Å². The van der Waals surface area contributed by atoms with Crippen molar-refractivity contribution in [3.8, 4) is 5.82 Å². The summed E-state index contributed by atoms with van der Waals surface area (Å²) in [5.74, 6) is 0.876. The van der Waals surface area contributed by atoms with Crippen LogP contribution < -0.4 is 0 Å². The van der Waals surface area contributed by atoms with Gasteiger partial charge in [-0.15, -0.1) is 0 Å². The van der Waals surface area contributed by atoms with Crippen molar-refractivity contribution in [1.82, 2.24) is 14.5 Å². The molecule has 140 valence electrons. The molecule has 4 nitrogen and oxygen atoms in total. The topological polar surface area (TPSA) is 43.9 Å². The second kappa shape index (κ2) is 5.67. The summed E-state index contributed by atoms with van der Waals surface area (Å²) >= 11 is 0. The molecule has 0 aliphatic heterocycles. The Morgan fingerprint density at radius 3 is 2.50 bits per heavy atom. The molecule has 4 heteroatoms. The molecule has 30 heavy (non-hydrogen) atoms. The van der Waals surface area contributed by atoms with E-state index in [9.17, 15) is 0 Å². The van der Waals surface area contributed by atoms with Crippen LogP contribution in [0.5, 0.6) is 0 Å². The minimum absolute atomic E-state index is 0.875. The first-order valence-electron chi connectivity index (χ1n) is 9.93. The van der Waals surface area contributed by atoms with Crippen molar-refractivity contribution in [3.05, 3.63) is 91.3 Å². The lowest BCUT2D eigenvalue weighted by Crippen LogP contribution is -1.98. The van der Waals surface area contributed by atoms with Crippen molar-refractivity contribution >= 4 is 54.6 Å². The lowest BCUT2D eigenvalue weighted by atomic mass is 10.1. The van der Waals surface area contributed by atoms with Gasteiger partial charge >= 0.3 is 0 Å². The van der Waals surface area contributed by atoms with Gasteiger partial charge in [-0.25, -0.2) is 4.98 Å². The first-order valence-corrected chi connectivity index (χ1v) is 9.93. The van der Waals surface area contributed by atoms with Gasteiger partial charge < -0.3 is 4.42 Å². The molecule has 0 aliphatic carbocycles. The van der Waals surface area contributed by atoms with Gasteiger partial charge in [-0.1, -0.05) is 36.4 Å². The summed E-state index contributed by atoms with van der Waals surface area (Å²) in [6.45, 7) is 0. The average Bonchev–Trinajstić information content (AvgIpc) is 3.41. The van der Waals surface area contributed by atoms with Gasteiger partial charge in [-0.3, -0.25) is 9.55 Å². The maximum atomic E-state index is 5.70. The van der Waals surface area contributed by atoms with E-state index in [0.29, 0.717) is 0 Å². The molecule has 0 radical (unpaired) electrons. The molecule has 0 atom stereocenters. The van der Waals surface area contributed by atoms with Crippen molar-refractivity contribution in [2.75, 3.05) is 0 Å². The number of fused-ring (bicyclic) bond motifs is 8. The molecule has 0 amide bonds. The average molecular weight is 385 g/mol. The molecular weight excluding hydrogens is 370 g/mol. The van der Waals surface area contributed by atoms with Crippen LogP contribution in [0.2, 0.25) is 0 Å².